The smallest absolute Gasteiger partial charge is 0.157 e. The van der Waals surface area contributed by atoms with Gasteiger partial charge in [0.15, 0.2) is 6.29 Å². The van der Waals surface area contributed by atoms with Gasteiger partial charge < -0.3 is 42.6 Å². The molecule has 0 spiro atoms. The fourth-order valence-corrected chi connectivity index (χ4v) is 2.54. The molecule has 9 heteroatoms. The molecule has 1 fully saturated rings. The average Bonchev–Trinajstić information content (AvgIpc) is 2.78. The maximum Gasteiger partial charge on any atom is 0.157 e. The minimum Gasteiger partial charge on any atom is -0.379 e. The zero-order valence-corrected chi connectivity index (χ0v) is 18.7. The highest BCUT2D eigenvalue weighted by Gasteiger charge is 2.13. The second-order valence-corrected chi connectivity index (χ2v) is 6.54. The first kappa shape index (κ1) is 27.7. The van der Waals surface area contributed by atoms with Crippen molar-refractivity contribution in [3.8, 4) is 0 Å². The molecule has 0 aromatic carbocycles. The zero-order valence-electron chi connectivity index (χ0n) is 18.7. The Morgan fingerprint density at radius 1 is 0.533 bits per heavy atom. The summed E-state index contributed by atoms with van der Waals surface area (Å²) in [6, 6.07) is 0. The summed E-state index contributed by atoms with van der Waals surface area (Å²) in [6.07, 6.45) is 3.23. The van der Waals surface area contributed by atoms with Crippen LogP contribution in [0.2, 0.25) is 0 Å². The van der Waals surface area contributed by atoms with Gasteiger partial charge >= 0.3 is 0 Å². The van der Waals surface area contributed by atoms with Crippen LogP contribution in [0.1, 0.15) is 26.2 Å². The molecule has 0 aromatic rings. The maximum absolute atomic E-state index is 5.59. The highest BCUT2D eigenvalue weighted by molar-refractivity contribution is 4.53. The number of hydrogen-bond acceptors (Lipinski definition) is 9. The molecule has 1 heterocycles. The third-order valence-corrected chi connectivity index (χ3v) is 4.11. The molecule has 0 amide bonds. The van der Waals surface area contributed by atoms with Crippen LogP contribution in [0, 0.1) is 0 Å². The van der Waals surface area contributed by atoms with E-state index in [1.807, 2.05) is 6.92 Å². The van der Waals surface area contributed by atoms with E-state index in [1.165, 1.54) is 6.42 Å². The van der Waals surface area contributed by atoms with Crippen molar-refractivity contribution in [1.82, 2.24) is 0 Å². The van der Waals surface area contributed by atoms with Crippen LogP contribution in [0.15, 0.2) is 0 Å². The highest BCUT2D eigenvalue weighted by Crippen LogP contribution is 2.13. The van der Waals surface area contributed by atoms with Gasteiger partial charge in [-0.3, -0.25) is 0 Å². The first-order chi connectivity index (χ1) is 14.9. The van der Waals surface area contributed by atoms with E-state index in [9.17, 15) is 0 Å². The van der Waals surface area contributed by atoms with E-state index in [2.05, 4.69) is 0 Å². The summed E-state index contributed by atoms with van der Waals surface area (Å²) in [4.78, 5) is 0. The van der Waals surface area contributed by atoms with Crippen molar-refractivity contribution in [2.75, 3.05) is 106 Å². The Bertz CT molecular complexity index is 328. The molecule has 1 atom stereocenters. The third-order valence-electron chi connectivity index (χ3n) is 4.11. The van der Waals surface area contributed by atoms with Crippen LogP contribution in [0.5, 0.6) is 0 Å². The molecule has 180 valence electrons. The minimum atomic E-state index is -0.0529. The van der Waals surface area contributed by atoms with Gasteiger partial charge in [0.2, 0.25) is 0 Å². The summed E-state index contributed by atoms with van der Waals surface area (Å²) in [6.45, 7) is 11.3. The quantitative estimate of drug-likeness (QED) is 0.221. The molecule has 1 saturated heterocycles. The Hall–Kier alpha value is -0.360. The van der Waals surface area contributed by atoms with Gasteiger partial charge in [0, 0.05) is 13.2 Å². The normalized spacial score (nSPS) is 16.9. The fraction of sp³-hybridized carbons (Fsp3) is 1.00. The Kier molecular flexibility index (Phi) is 21.5. The van der Waals surface area contributed by atoms with Crippen LogP contribution in [0.3, 0.4) is 0 Å². The van der Waals surface area contributed by atoms with Crippen LogP contribution >= 0.6 is 0 Å². The van der Waals surface area contributed by atoms with Gasteiger partial charge in [0.05, 0.1) is 92.5 Å². The van der Waals surface area contributed by atoms with Gasteiger partial charge in [-0.25, -0.2) is 0 Å². The molecule has 0 N–H and O–H groups in total. The monoisotopic (exact) mass is 438 g/mol. The molecular formula is C21H42O9. The summed E-state index contributed by atoms with van der Waals surface area (Å²) in [5, 5.41) is 0. The molecule has 1 aliphatic heterocycles. The van der Waals surface area contributed by atoms with Crippen LogP contribution in [0.25, 0.3) is 0 Å². The van der Waals surface area contributed by atoms with Crippen molar-refractivity contribution in [2.24, 2.45) is 0 Å². The van der Waals surface area contributed by atoms with Crippen molar-refractivity contribution in [3.05, 3.63) is 0 Å². The van der Waals surface area contributed by atoms with Crippen molar-refractivity contribution in [1.29, 1.82) is 0 Å². The van der Waals surface area contributed by atoms with Gasteiger partial charge in [-0.15, -0.1) is 0 Å². The number of ether oxygens (including phenoxy) is 9. The highest BCUT2D eigenvalue weighted by atomic mass is 16.7. The van der Waals surface area contributed by atoms with Crippen LogP contribution in [-0.2, 0) is 42.6 Å². The fourth-order valence-electron chi connectivity index (χ4n) is 2.54. The van der Waals surface area contributed by atoms with Gasteiger partial charge in [0.1, 0.15) is 0 Å². The second-order valence-electron chi connectivity index (χ2n) is 6.54. The summed E-state index contributed by atoms with van der Waals surface area (Å²) in [7, 11) is 0. The van der Waals surface area contributed by atoms with Crippen molar-refractivity contribution < 1.29 is 42.6 Å². The molecular weight excluding hydrogens is 396 g/mol. The largest absolute Gasteiger partial charge is 0.379 e. The summed E-state index contributed by atoms with van der Waals surface area (Å²) < 4.78 is 48.8. The molecule has 1 unspecified atom stereocenters. The van der Waals surface area contributed by atoms with Crippen molar-refractivity contribution in [3.63, 3.8) is 0 Å². The van der Waals surface area contributed by atoms with E-state index in [4.69, 9.17) is 42.6 Å². The second kappa shape index (κ2) is 23.3. The molecule has 9 nitrogen and oxygen atoms in total. The van der Waals surface area contributed by atoms with E-state index in [1.54, 1.807) is 0 Å². The Morgan fingerprint density at radius 3 is 1.30 bits per heavy atom. The molecule has 0 radical (unpaired) electrons. The lowest BCUT2D eigenvalue weighted by atomic mass is 10.2. The summed E-state index contributed by atoms with van der Waals surface area (Å²) in [5.74, 6) is 0. The molecule has 0 bridgehead atoms. The lowest BCUT2D eigenvalue weighted by Gasteiger charge is -2.22. The van der Waals surface area contributed by atoms with E-state index >= 15 is 0 Å². The Balaban J connectivity index is 1.63. The van der Waals surface area contributed by atoms with Crippen LogP contribution in [0.4, 0.5) is 0 Å². The van der Waals surface area contributed by atoms with Gasteiger partial charge in [-0.1, -0.05) is 0 Å². The van der Waals surface area contributed by atoms with E-state index in [-0.39, 0.29) is 6.29 Å². The number of hydrogen-bond donors (Lipinski definition) is 0. The topological polar surface area (TPSA) is 83.1 Å². The first-order valence-electron chi connectivity index (χ1n) is 11.2. The Morgan fingerprint density at radius 2 is 0.933 bits per heavy atom. The molecule has 0 aromatic heterocycles. The van der Waals surface area contributed by atoms with E-state index < -0.39 is 0 Å². The van der Waals surface area contributed by atoms with Crippen LogP contribution < -0.4 is 0 Å². The predicted octanol–water partition coefficient (Wildman–Crippen LogP) is 1.67. The summed E-state index contributed by atoms with van der Waals surface area (Å²) >= 11 is 0. The lowest BCUT2D eigenvalue weighted by molar-refractivity contribution is -0.169. The van der Waals surface area contributed by atoms with Crippen molar-refractivity contribution in [2.45, 2.75) is 32.5 Å². The van der Waals surface area contributed by atoms with E-state index in [0.29, 0.717) is 92.5 Å². The summed E-state index contributed by atoms with van der Waals surface area (Å²) in [5.41, 5.74) is 0. The predicted molar refractivity (Wildman–Crippen MR) is 111 cm³/mol. The molecule has 0 saturated carbocycles. The van der Waals surface area contributed by atoms with Gasteiger partial charge in [-0.2, -0.15) is 0 Å². The third kappa shape index (κ3) is 19.6. The first-order valence-corrected chi connectivity index (χ1v) is 11.2. The molecule has 30 heavy (non-hydrogen) atoms. The van der Waals surface area contributed by atoms with Crippen LogP contribution in [-0.4, -0.2) is 112 Å². The number of rotatable bonds is 23. The van der Waals surface area contributed by atoms with Gasteiger partial charge in [0.25, 0.3) is 0 Å². The lowest BCUT2D eigenvalue weighted by Crippen LogP contribution is -2.24. The van der Waals surface area contributed by atoms with E-state index in [0.717, 1.165) is 26.1 Å². The Labute approximate surface area is 181 Å². The SMILES string of the molecule is CCOCCOCCOCCOCCOCCOCCOCCOC1CCCCO1. The maximum atomic E-state index is 5.59. The zero-order chi connectivity index (χ0) is 21.4. The average molecular weight is 439 g/mol. The molecule has 1 aliphatic rings. The standard InChI is InChI=1S/C21H42O9/c1-2-22-7-8-23-9-10-24-11-12-25-13-14-26-15-16-27-17-18-28-19-20-30-21-5-3-4-6-29-21/h21H,2-20H2,1H3. The molecule has 1 rings (SSSR count). The van der Waals surface area contributed by atoms with Crippen molar-refractivity contribution >= 4 is 0 Å². The minimum absolute atomic E-state index is 0.0529. The van der Waals surface area contributed by atoms with Gasteiger partial charge in [-0.05, 0) is 26.2 Å². The molecule has 0 aliphatic carbocycles.